The van der Waals surface area contributed by atoms with Crippen LogP contribution in [0.2, 0.25) is 0 Å². The summed E-state index contributed by atoms with van der Waals surface area (Å²) >= 11 is 1.42. The van der Waals surface area contributed by atoms with Gasteiger partial charge in [0, 0.05) is 23.9 Å². The van der Waals surface area contributed by atoms with Crippen molar-refractivity contribution in [1.29, 1.82) is 0 Å². The van der Waals surface area contributed by atoms with Crippen molar-refractivity contribution in [3.05, 3.63) is 22.0 Å². The standard InChI is InChI=1S/C18H22N4O3S/c1-9(8-22-6-7-25-18(22)24)19-16(23)14-10(2)13-11(3)20-15(12-4-5-12)21-17(13)26-14/h9,12H,4-8H2,1-3H3,(H,19,23)/t9-/m0/s1. The van der Waals surface area contributed by atoms with Gasteiger partial charge in [-0.2, -0.15) is 0 Å². The lowest BCUT2D eigenvalue weighted by atomic mass is 10.1. The largest absolute Gasteiger partial charge is 0.448 e. The number of nitrogens with zero attached hydrogens (tertiary/aromatic N) is 3. The van der Waals surface area contributed by atoms with Gasteiger partial charge in [-0.15, -0.1) is 11.3 Å². The van der Waals surface area contributed by atoms with E-state index in [-0.39, 0.29) is 18.0 Å². The van der Waals surface area contributed by atoms with E-state index in [1.165, 1.54) is 11.3 Å². The highest BCUT2D eigenvalue weighted by atomic mass is 32.1. The van der Waals surface area contributed by atoms with Gasteiger partial charge >= 0.3 is 6.09 Å². The van der Waals surface area contributed by atoms with Gasteiger partial charge in [-0.05, 0) is 39.2 Å². The SMILES string of the molecule is Cc1nc(C2CC2)nc2sc(C(=O)N[C@@H](C)CN3CCOC3=O)c(C)c12. The van der Waals surface area contributed by atoms with Crippen molar-refractivity contribution in [2.24, 2.45) is 0 Å². The summed E-state index contributed by atoms with van der Waals surface area (Å²) in [4.78, 5) is 36.8. The van der Waals surface area contributed by atoms with E-state index >= 15 is 0 Å². The monoisotopic (exact) mass is 374 g/mol. The van der Waals surface area contributed by atoms with Crippen molar-refractivity contribution in [3.8, 4) is 0 Å². The molecule has 2 amide bonds. The number of hydrogen-bond donors (Lipinski definition) is 1. The number of amides is 2. The zero-order chi connectivity index (χ0) is 18.4. The second-order valence-electron chi connectivity index (χ2n) is 7.11. The summed E-state index contributed by atoms with van der Waals surface area (Å²) in [6.07, 6.45) is 1.99. The molecule has 2 aromatic heterocycles. The zero-order valence-corrected chi connectivity index (χ0v) is 16.0. The van der Waals surface area contributed by atoms with Gasteiger partial charge in [-0.3, -0.25) is 4.79 Å². The number of ether oxygens (including phenoxy) is 1. The van der Waals surface area contributed by atoms with E-state index in [4.69, 9.17) is 9.72 Å². The lowest BCUT2D eigenvalue weighted by molar-refractivity contribution is 0.0934. The van der Waals surface area contributed by atoms with Gasteiger partial charge in [-0.1, -0.05) is 0 Å². The zero-order valence-electron chi connectivity index (χ0n) is 15.2. The highest BCUT2D eigenvalue weighted by Crippen LogP contribution is 2.40. The van der Waals surface area contributed by atoms with E-state index in [2.05, 4.69) is 10.3 Å². The second-order valence-corrected chi connectivity index (χ2v) is 8.11. The Labute approximate surface area is 155 Å². The van der Waals surface area contributed by atoms with Crippen LogP contribution in [-0.4, -0.2) is 52.6 Å². The summed E-state index contributed by atoms with van der Waals surface area (Å²) in [6, 6.07) is -0.160. The third-order valence-corrected chi connectivity index (χ3v) is 6.04. The second kappa shape index (κ2) is 6.50. The molecule has 1 aliphatic heterocycles. The Morgan fingerprint density at radius 3 is 2.81 bits per heavy atom. The number of fused-ring (bicyclic) bond motifs is 1. The highest BCUT2D eigenvalue weighted by Gasteiger charge is 2.29. The summed E-state index contributed by atoms with van der Waals surface area (Å²) in [6.45, 7) is 7.25. The van der Waals surface area contributed by atoms with E-state index in [1.807, 2.05) is 20.8 Å². The third-order valence-electron chi connectivity index (χ3n) is 4.85. The number of carbonyl (C=O) groups excluding carboxylic acids is 2. The smallest absolute Gasteiger partial charge is 0.410 e. The normalized spacial score (nSPS) is 18.3. The quantitative estimate of drug-likeness (QED) is 0.870. The maximum absolute atomic E-state index is 12.8. The number of aromatic nitrogens is 2. The Hall–Kier alpha value is -2.22. The van der Waals surface area contributed by atoms with Gasteiger partial charge in [0.15, 0.2) is 0 Å². The van der Waals surface area contributed by atoms with Gasteiger partial charge < -0.3 is 15.0 Å². The molecule has 1 atom stereocenters. The van der Waals surface area contributed by atoms with Gasteiger partial charge in [0.1, 0.15) is 17.3 Å². The van der Waals surface area contributed by atoms with Gasteiger partial charge in [0.05, 0.1) is 17.1 Å². The Morgan fingerprint density at radius 1 is 1.38 bits per heavy atom. The maximum atomic E-state index is 12.8. The number of carbonyl (C=O) groups is 2. The van der Waals surface area contributed by atoms with Crippen LogP contribution in [0.15, 0.2) is 0 Å². The van der Waals surface area contributed by atoms with Crippen molar-refractivity contribution >= 4 is 33.6 Å². The number of thiophene rings is 1. The van der Waals surface area contributed by atoms with Crippen molar-refractivity contribution in [2.75, 3.05) is 19.7 Å². The lowest BCUT2D eigenvalue weighted by Gasteiger charge is -2.19. The highest BCUT2D eigenvalue weighted by molar-refractivity contribution is 7.20. The summed E-state index contributed by atoms with van der Waals surface area (Å²) in [5.74, 6) is 1.26. The molecule has 1 aliphatic carbocycles. The minimum Gasteiger partial charge on any atom is -0.448 e. The Balaban J connectivity index is 1.53. The van der Waals surface area contributed by atoms with Crippen molar-refractivity contribution in [1.82, 2.24) is 20.2 Å². The van der Waals surface area contributed by atoms with Crippen LogP contribution in [0, 0.1) is 13.8 Å². The van der Waals surface area contributed by atoms with Crippen LogP contribution in [0.4, 0.5) is 4.79 Å². The predicted octanol–water partition coefficient (Wildman–Crippen LogP) is 2.76. The topological polar surface area (TPSA) is 84.4 Å². The molecule has 2 aliphatic rings. The van der Waals surface area contributed by atoms with Crippen LogP contribution < -0.4 is 5.32 Å². The molecule has 3 heterocycles. The number of rotatable bonds is 5. The Morgan fingerprint density at radius 2 is 2.15 bits per heavy atom. The molecular weight excluding hydrogens is 352 g/mol. The molecule has 1 saturated heterocycles. The molecule has 26 heavy (non-hydrogen) atoms. The minimum atomic E-state index is -0.317. The summed E-state index contributed by atoms with van der Waals surface area (Å²) < 4.78 is 4.92. The van der Waals surface area contributed by atoms with Crippen LogP contribution in [0.3, 0.4) is 0 Å². The predicted molar refractivity (Wildman–Crippen MR) is 98.7 cm³/mol. The molecule has 0 aromatic carbocycles. The molecule has 4 rings (SSSR count). The molecule has 0 unspecified atom stereocenters. The van der Waals surface area contributed by atoms with Gasteiger partial charge in [0.25, 0.3) is 5.91 Å². The van der Waals surface area contributed by atoms with Crippen LogP contribution in [0.5, 0.6) is 0 Å². The lowest BCUT2D eigenvalue weighted by Crippen LogP contribution is -2.42. The number of cyclic esters (lactones) is 1. The van der Waals surface area contributed by atoms with E-state index in [0.717, 1.165) is 40.1 Å². The Bertz CT molecular complexity index is 890. The molecule has 0 spiro atoms. The molecule has 2 fully saturated rings. The molecule has 8 heteroatoms. The van der Waals surface area contributed by atoms with Crippen molar-refractivity contribution < 1.29 is 14.3 Å². The minimum absolute atomic E-state index is 0.127. The first kappa shape index (κ1) is 17.2. The van der Waals surface area contributed by atoms with Crippen LogP contribution in [0.25, 0.3) is 10.2 Å². The fourth-order valence-corrected chi connectivity index (χ4v) is 4.50. The molecule has 1 saturated carbocycles. The fourth-order valence-electron chi connectivity index (χ4n) is 3.36. The molecule has 0 radical (unpaired) electrons. The molecule has 2 aromatic rings. The average molecular weight is 374 g/mol. The molecule has 0 bridgehead atoms. The van der Waals surface area contributed by atoms with Crippen molar-refractivity contribution in [2.45, 2.75) is 45.6 Å². The van der Waals surface area contributed by atoms with Crippen LogP contribution in [-0.2, 0) is 4.74 Å². The van der Waals surface area contributed by atoms with Gasteiger partial charge in [-0.25, -0.2) is 14.8 Å². The molecule has 138 valence electrons. The summed E-state index contributed by atoms with van der Waals surface area (Å²) in [5.41, 5.74) is 1.87. The first-order valence-electron chi connectivity index (χ1n) is 8.94. The van der Waals surface area contributed by atoms with E-state index in [0.29, 0.717) is 30.5 Å². The number of nitrogens with one attached hydrogen (secondary N) is 1. The molecular formula is C18H22N4O3S. The average Bonchev–Trinajstić information content (AvgIpc) is 3.28. The first-order chi connectivity index (χ1) is 12.4. The fraction of sp³-hybridized carbons (Fsp3) is 0.556. The number of aryl methyl sites for hydroxylation is 2. The first-order valence-corrected chi connectivity index (χ1v) is 9.76. The Kier molecular flexibility index (Phi) is 4.30. The maximum Gasteiger partial charge on any atom is 0.410 e. The molecule has 7 nitrogen and oxygen atoms in total. The van der Waals surface area contributed by atoms with Crippen LogP contribution >= 0.6 is 11.3 Å². The van der Waals surface area contributed by atoms with E-state index in [1.54, 1.807) is 4.90 Å². The van der Waals surface area contributed by atoms with Crippen LogP contribution in [0.1, 0.15) is 52.4 Å². The van der Waals surface area contributed by atoms with E-state index in [9.17, 15) is 9.59 Å². The number of hydrogen-bond acceptors (Lipinski definition) is 6. The molecule has 1 N–H and O–H groups in total. The van der Waals surface area contributed by atoms with E-state index < -0.39 is 0 Å². The third kappa shape index (κ3) is 3.13. The van der Waals surface area contributed by atoms with Gasteiger partial charge in [0.2, 0.25) is 0 Å². The summed E-state index contributed by atoms with van der Waals surface area (Å²) in [7, 11) is 0. The summed E-state index contributed by atoms with van der Waals surface area (Å²) in [5, 5.41) is 3.97. The van der Waals surface area contributed by atoms with Crippen molar-refractivity contribution in [3.63, 3.8) is 0 Å².